The molecule has 0 aliphatic rings. The molecule has 0 aliphatic heterocycles. The molecule has 1 aromatic heterocycles. The molecule has 0 saturated heterocycles. The van der Waals surface area contributed by atoms with E-state index in [0.29, 0.717) is 0 Å². The van der Waals surface area contributed by atoms with E-state index in [1.54, 1.807) is 18.4 Å². The van der Waals surface area contributed by atoms with E-state index < -0.39 is 0 Å². The highest BCUT2D eigenvalue weighted by atomic mass is 32.1. The Morgan fingerprint density at radius 1 is 1.15 bits per heavy atom. The van der Waals surface area contributed by atoms with Gasteiger partial charge in [-0.2, -0.15) is 0 Å². The molecular weight excluding hydrogens is 268 g/mol. The lowest BCUT2D eigenvalue weighted by atomic mass is 10.0. The molecule has 2 N–H and O–H groups in total. The first-order valence-electron chi connectivity index (χ1n) is 6.48. The summed E-state index contributed by atoms with van der Waals surface area (Å²) in [6, 6.07) is 12.2. The monoisotopic (exact) mass is 284 g/mol. The molecule has 4 heteroatoms. The Balaban J connectivity index is 2.21. The predicted octanol–water partition coefficient (Wildman–Crippen LogP) is 3.99. The van der Waals surface area contributed by atoms with Gasteiger partial charge in [0.15, 0.2) is 0 Å². The normalized spacial score (nSPS) is 12.6. The maximum Gasteiger partial charge on any atom is 0.126 e. The number of aromatic nitrogens is 1. The van der Waals surface area contributed by atoms with Gasteiger partial charge in [-0.05, 0) is 24.4 Å². The van der Waals surface area contributed by atoms with Gasteiger partial charge in [0.1, 0.15) is 10.8 Å². The van der Waals surface area contributed by atoms with E-state index in [1.807, 2.05) is 25.1 Å². The summed E-state index contributed by atoms with van der Waals surface area (Å²) in [7, 11) is 1.69. The highest BCUT2D eigenvalue weighted by molar-refractivity contribution is 7.10. The molecule has 0 aliphatic carbocycles. The van der Waals surface area contributed by atoms with Crippen LogP contribution in [0, 0.1) is 0 Å². The van der Waals surface area contributed by atoms with Gasteiger partial charge in [0, 0.05) is 16.3 Å². The van der Waals surface area contributed by atoms with Crippen molar-refractivity contribution in [3.8, 4) is 17.0 Å². The van der Waals surface area contributed by atoms with E-state index >= 15 is 0 Å². The third-order valence-electron chi connectivity index (χ3n) is 3.29. The summed E-state index contributed by atoms with van der Waals surface area (Å²) in [6.07, 6.45) is 0. The fourth-order valence-electron chi connectivity index (χ4n) is 2.29. The first-order chi connectivity index (χ1) is 9.70. The van der Waals surface area contributed by atoms with E-state index in [9.17, 15) is 0 Å². The number of nitrogens with two attached hydrogens (primary N) is 1. The van der Waals surface area contributed by atoms with Crippen LogP contribution in [0.3, 0.4) is 0 Å². The zero-order chi connectivity index (χ0) is 14.1. The first kappa shape index (κ1) is 13.1. The van der Waals surface area contributed by atoms with Crippen molar-refractivity contribution in [3.63, 3.8) is 0 Å². The largest absolute Gasteiger partial charge is 0.496 e. The van der Waals surface area contributed by atoms with Crippen LogP contribution in [-0.4, -0.2) is 12.1 Å². The maximum absolute atomic E-state index is 5.89. The number of fused-ring (bicyclic) bond motifs is 1. The minimum atomic E-state index is -0.0294. The van der Waals surface area contributed by atoms with Crippen molar-refractivity contribution in [1.82, 2.24) is 4.98 Å². The molecule has 0 saturated carbocycles. The second-order valence-electron chi connectivity index (χ2n) is 4.72. The van der Waals surface area contributed by atoms with E-state index in [0.717, 1.165) is 32.8 Å². The lowest BCUT2D eigenvalue weighted by Crippen LogP contribution is -2.03. The number of benzene rings is 2. The number of hydrogen-bond donors (Lipinski definition) is 1. The minimum absolute atomic E-state index is 0.0294. The Morgan fingerprint density at radius 3 is 2.55 bits per heavy atom. The topological polar surface area (TPSA) is 48.1 Å². The van der Waals surface area contributed by atoms with Gasteiger partial charge in [0.2, 0.25) is 0 Å². The third kappa shape index (κ3) is 2.17. The smallest absolute Gasteiger partial charge is 0.126 e. The fraction of sp³-hybridized carbons (Fsp3) is 0.188. The quantitative estimate of drug-likeness (QED) is 0.791. The Labute approximate surface area is 122 Å². The van der Waals surface area contributed by atoms with E-state index in [4.69, 9.17) is 10.5 Å². The number of thiazole rings is 1. The van der Waals surface area contributed by atoms with Gasteiger partial charge in [-0.1, -0.05) is 24.3 Å². The first-order valence-corrected chi connectivity index (χ1v) is 7.36. The zero-order valence-electron chi connectivity index (χ0n) is 11.5. The highest BCUT2D eigenvalue weighted by Crippen LogP contribution is 2.35. The Morgan fingerprint density at radius 2 is 1.90 bits per heavy atom. The molecule has 1 atom stereocenters. The molecule has 0 bridgehead atoms. The molecule has 3 nitrogen and oxygen atoms in total. The average Bonchev–Trinajstić information content (AvgIpc) is 2.96. The van der Waals surface area contributed by atoms with Crippen molar-refractivity contribution in [3.05, 3.63) is 46.8 Å². The number of hydrogen-bond acceptors (Lipinski definition) is 4. The van der Waals surface area contributed by atoms with Crippen molar-refractivity contribution in [2.45, 2.75) is 13.0 Å². The third-order valence-corrected chi connectivity index (χ3v) is 4.34. The lowest BCUT2D eigenvalue weighted by Gasteiger charge is -2.09. The van der Waals surface area contributed by atoms with Gasteiger partial charge >= 0.3 is 0 Å². The van der Waals surface area contributed by atoms with Crippen molar-refractivity contribution < 1.29 is 4.74 Å². The van der Waals surface area contributed by atoms with Gasteiger partial charge in [-0.15, -0.1) is 11.3 Å². The van der Waals surface area contributed by atoms with E-state index in [1.165, 1.54) is 0 Å². The number of nitrogens with zero attached hydrogens (tertiary/aromatic N) is 1. The fourth-order valence-corrected chi connectivity index (χ4v) is 3.07. The summed E-state index contributed by atoms with van der Waals surface area (Å²) in [5.74, 6) is 0.881. The average molecular weight is 284 g/mol. The van der Waals surface area contributed by atoms with Crippen LogP contribution < -0.4 is 10.5 Å². The van der Waals surface area contributed by atoms with Gasteiger partial charge in [-0.25, -0.2) is 4.98 Å². The molecule has 0 fully saturated rings. The van der Waals surface area contributed by atoms with Crippen LogP contribution in [0.4, 0.5) is 0 Å². The molecular formula is C16H16N2OS. The molecule has 0 amide bonds. The second-order valence-corrected chi connectivity index (χ2v) is 5.61. The van der Waals surface area contributed by atoms with Gasteiger partial charge in [-0.3, -0.25) is 0 Å². The Bertz CT molecular complexity index is 749. The summed E-state index contributed by atoms with van der Waals surface area (Å²) >= 11 is 1.60. The van der Waals surface area contributed by atoms with Crippen LogP contribution in [-0.2, 0) is 0 Å². The van der Waals surface area contributed by atoms with E-state index in [2.05, 4.69) is 28.6 Å². The van der Waals surface area contributed by atoms with Crippen LogP contribution in [0.5, 0.6) is 5.75 Å². The summed E-state index contributed by atoms with van der Waals surface area (Å²) in [5.41, 5.74) is 7.98. The van der Waals surface area contributed by atoms with Gasteiger partial charge in [0.05, 0.1) is 18.8 Å². The van der Waals surface area contributed by atoms with Crippen molar-refractivity contribution in [2.75, 3.05) is 7.11 Å². The molecule has 1 heterocycles. The van der Waals surface area contributed by atoms with Crippen LogP contribution in [0.15, 0.2) is 41.8 Å². The van der Waals surface area contributed by atoms with Gasteiger partial charge < -0.3 is 10.5 Å². The van der Waals surface area contributed by atoms with E-state index in [-0.39, 0.29) is 6.04 Å². The van der Waals surface area contributed by atoms with Crippen LogP contribution in [0.1, 0.15) is 18.0 Å². The molecule has 0 spiro atoms. The van der Waals surface area contributed by atoms with Crippen molar-refractivity contribution in [2.24, 2.45) is 5.73 Å². The Hall–Kier alpha value is -1.91. The summed E-state index contributed by atoms with van der Waals surface area (Å²) in [5, 5.41) is 5.27. The molecule has 3 rings (SSSR count). The number of methoxy groups -OCH3 is 1. The molecule has 20 heavy (non-hydrogen) atoms. The molecule has 1 unspecified atom stereocenters. The summed E-state index contributed by atoms with van der Waals surface area (Å²) in [6.45, 7) is 1.95. The van der Waals surface area contributed by atoms with Crippen LogP contribution in [0.2, 0.25) is 0 Å². The number of ether oxygens (including phenoxy) is 1. The SMILES string of the molecule is COc1ccc(-c2csc(C(C)N)n2)c2ccccc12. The highest BCUT2D eigenvalue weighted by Gasteiger charge is 2.12. The molecule has 102 valence electrons. The molecule has 3 aromatic rings. The number of rotatable bonds is 3. The predicted molar refractivity (Wildman–Crippen MR) is 84.2 cm³/mol. The van der Waals surface area contributed by atoms with Crippen molar-refractivity contribution >= 4 is 22.1 Å². The standard InChI is InChI=1S/C16H16N2OS/c1-10(17)16-18-14(9-20-16)12-7-8-15(19-2)13-6-4-3-5-11(12)13/h3-10H,17H2,1-2H3. The zero-order valence-corrected chi connectivity index (χ0v) is 12.3. The maximum atomic E-state index is 5.89. The Kier molecular flexibility index (Phi) is 3.42. The van der Waals surface area contributed by atoms with Crippen LogP contribution >= 0.6 is 11.3 Å². The van der Waals surface area contributed by atoms with Gasteiger partial charge in [0.25, 0.3) is 0 Å². The summed E-state index contributed by atoms with van der Waals surface area (Å²) in [4.78, 5) is 4.64. The van der Waals surface area contributed by atoms with Crippen molar-refractivity contribution in [1.29, 1.82) is 0 Å². The molecule has 2 aromatic carbocycles. The van der Waals surface area contributed by atoms with Crippen LogP contribution in [0.25, 0.3) is 22.0 Å². The summed E-state index contributed by atoms with van der Waals surface area (Å²) < 4.78 is 5.42. The lowest BCUT2D eigenvalue weighted by molar-refractivity contribution is 0.420. The minimum Gasteiger partial charge on any atom is -0.496 e. The molecule has 0 radical (unpaired) electrons. The second kappa shape index (κ2) is 5.23.